The molecule has 20 heavy (non-hydrogen) atoms. The fourth-order valence-corrected chi connectivity index (χ4v) is 4.44. The van der Waals surface area contributed by atoms with Gasteiger partial charge in [0, 0.05) is 12.6 Å². The summed E-state index contributed by atoms with van der Waals surface area (Å²) in [6.07, 6.45) is 4.00. The van der Waals surface area contributed by atoms with Crippen LogP contribution in [-0.4, -0.2) is 31.7 Å². The molecule has 1 saturated carbocycles. The Hall–Kier alpha value is -0.920. The maximum atomic E-state index is 12.6. The normalized spacial score (nSPS) is 23.9. The van der Waals surface area contributed by atoms with Gasteiger partial charge in [-0.05, 0) is 45.6 Å². The first-order valence-corrected chi connectivity index (χ1v) is 8.63. The topological polar surface area (TPSA) is 86.9 Å². The summed E-state index contributed by atoms with van der Waals surface area (Å²) < 4.78 is 28.0. The van der Waals surface area contributed by atoms with Gasteiger partial charge in [0.2, 0.25) is 10.0 Å². The number of rotatable bonds is 5. The van der Waals surface area contributed by atoms with Gasteiger partial charge in [0.15, 0.2) is 0 Å². The molecule has 114 valence electrons. The highest BCUT2D eigenvalue weighted by molar-refractivity contribution is 7.89. The lowest BCUT2D eigenvalue weighted by molar-refractivity contribution is 0.332. The zero-order chi connectivity index (χ0) is 14.8. The second kappa shape index (κ2) is 6.24. The van der Waals surface area contributed by atoms with Crippen molar-refractivity contribution in [3.05, 3.63) is 11.4 Å². The van der Waals surface area contributed by atoms with Crippen LogP contribution in [0.4, 0.5) is 0 Å². The van der Waals surface area contributed by atoms with Gasteiger partial charge in [-0.1, -0.05) is 6.92 Å². The molecule has 6 nitrogen and oxygen atoms in total. The zero-order valence-electron chi connectivity index (χ0n) is 12.4. The monoisotopic (exact) mass is 300 g/mol. The summed E-state index contributed by atoms with van der Waals surface area (Å²) in [5.74, 6) is 0.700. The molecule has 0 radical (unpaired) electrons. The van der Waals surface area contributed by atoms with Crippen LogP contribution in [0.3, 0.4) is 0 Å². The molecule has 3 N–H and O–H groups in total. The van der Waals surface area contributed by atoms with Crippen LogP contribution in [0.15, 0.2) is 4.90 Å². The van der Waals surface area contributed by atoms with Gasteiger partial charge in [-0.2, -0.15) is 5.10 Å². The van der Waals surface area contributed by atoms with Gasteiger partial charge in [-0.3, -0.25) is 5.10 Å². The van der Waals surface area contributed by atoms with Crippen LogP contribution in [0.1, 0.15) is 44.0 Å². The van der Waals surface area contributed by atoms with Crippen molar-refractivity contribution in [2.45, 2.75) is 57.0 Å². The number of hydrogen-bond acceptors (Lipinski definition) is 4. The van der Waals surface area contributed by atoms with Crippen molar-refractivity contribution < 1.29 is 8.42 Å². The minimum absolute atomic E-state index is 0.0490. The van der Waals surface area contributed by atoms with Crippen LogP contribution < -0.4 is 10.0 Å². The Kier molecular flexibility index (Phi) is 4.82. The average molecular weight is 300 g/mol. The smallest absolute Gasteiger partial charge is 0.244 e. The first kappa shape index (κ1) is 15.5. The van der Waals surface area contributed by atoms with E-state index in [1.807, 2.05) is 0 Å². The van der Waals surface area contributed by atoms with E-state index in [1.54, 1.807) is 14.0 Å². The van der Waals surface area contributed by atoms with E-state index in [4.69, 9.17) is 0 Å². The first-order valence-electron chi connectivity index (χ1n) is 7.14. The molecule has 0 aliphatic heterocycles. The Labute approximate surface area is 120 Å². The highest BCUT2D eigenvalue weighted by Gasteiger charge is 2.28. The molecule has 1 aliphatic rings. The summed E-state index contributed by atoms with van der Waals surface area (Å²) in [7, 11) is -1.73. The second-order valence-corrected chi connectivity index (χ2v) is 7.38. The number of H-pyrrole nitrogens is 1. The molecule has 1 aliphatic carbocycles. The lowest BCUT2D eigenvalue weighted by atomic mass is 9.88. The van der Waals surface area contributed by atoms with E-state index in [0.29, 0.717) is 28.7 Å². The van der Waals surface area contributed by atoms with E-state index in [0.717, 1.165) is 25.7 Å². The number of hydrogen-bond donors (Lipinski definition) is 3. The van der Waals surface area contributed by atoms with Crippen molar-refractivity contribution in [2.24, 2.45) is 5.92 Å². The SMILES string of the molecule is CNCc1n[nH]c(C)c1S(=O)(=O)NC1CCC(C)CC1. The molecule has 0 atom stereocenters. The zero-order valence-corrected chi connectivity index (χ0v) is 13.2. The third-order valence-corrected chi connectivity index (χ3v) is 5.63. The van der Waals surface area contributed by atoms with Crippen molar-refractivity contribution in [1.82, 2.24) is 20.2 Å². The van der Waals surface area contributed by atoms with E-state index < -0.39 is 10.0 Å². The highest BCUT2D eigenvalue weighted by Crippen LogP contribution is 2.25. The number of nitrogens with zero attached hydrogens (tertiary/aromatic N) is 1. The van der Waals surface area contributed by atoms with Gasteiger partial charge < -0.3 is 5.32 Å². The number of aryl methyl sites for hydroxylation is 1. The summed E-state index contributed by atoms with van der Waals surface area (Å²) in [4.78, 5) is 0.297. The second-order valence-electron chi connectivity index (χ2n) is 5.73. The summed E-state index contributed by atoms with van der Waals surface area (Å²) in [5, 5.41) is 9.78. The van der Waals surface area contributed by atoms with Gasteiger partial charge in [0.25, 0.3) is 0 Å². The standard InChI is InChI=1S/C13H24N4O2S/c1-9-4-6-11(7-5-9)17-20(18,19)13-10(2)15-16-12(13)8-14-3/h9,11,14,17H,4-8H2,1-3H3,(H,15,16). The van der Waals surface area contributed by atoms with Crippen molar-refractivity contribution in [3.8, 4) is 0 Å². The maximum absolute atomic E-state index is 12.6. The van der Waals surface area contributed by atoms with E-state index in [1.165, 1.54) is 0 Å². The average Bonchev–Trinajstić information content (AvgIpc) is 2.74. The number of nitrogens with one attached hydrogen (secondary N) is 3. The molecule has 1 aromatic rings. The molecule has 2 rings (SSSR count). The number of aromatic amines is 1. The molecule has 0 bridgehead atoms. The summed E-state index contributed by atoms with van der Waals surface area (Å²) in [6, 6.07) is 0.0490. The summed E-state index contributed by atoms with van der Waals surface area (Å²) in [5.41, 5.74) is 1.13. The van der Waals surface area contributed by atoms with Crippen LogP contribution in [0.25, 0.3) is 0 Å². The Bertz CT molecular complexity index is 545. The fraction of sp³-hybridized carbons (Fsp3) is 0.769. The molecule has 1 aromatic heterocycles. The van der Waals surface area contributed by atoms with Crippen LogP contribution in [0.5, 0.6) is 0 Å². The van der Waals surface area contributed by atoms with Crippen LogP contribution in [0, 0.1) is 12.8 Å². The molecule has 0 amide bonds. The maximum Gasteiger partial charge on any atom is 0.244 e. The van der Waals surface area contributed by atoms with Gasteiger partial charge in [-0.15, -0.1) is 0 Å². The molecule has 7 heteroatoms. The lowest BCUT2D eigenvalue weighted by Crippen LogP contribution is -2.37. The highest BCUT2D eigenvalue weighted by atomic mass is 32.2. The Morgan fingerprint density at radius 3 is 2.55 bits per heavy atom. The van der Waals surface area contributed by atoms with E-state index >= 15 is 0 Å². The molecule has 0 saturated heterocycles. The Balaban J connectivity index is 2.16. The lowest BCUT2D eigenvalue weighted by Gasteiger charge is -2.26. The van der Waals surface area contributed by atoms with Gasteiger partial charge in [0.05, 0.1) is 11.4 Å². The summed E-state index contributed by atoms with van der Waals surface area (Å²) in [6.45, 7) is 4.39. The van der Waals surface area contributed by atoms with Crippen LogP contribution >= 0.6 is 0 Å². The van der Waals surface area contributed by atoms with E-state index in [9.17, 15) is 8.42 Å². The Morgan fingerprint density at radius 1 is 1.30 bits per heavy atom. The fourth-order valence-electron chi connectivity index (χ4n) is 2.77. The Morgan fingerprint density at radius 2 is 1.95 bits per heavy atom. The summed E-state index contributed by atoms with van der Waals surface area (Å²) >= 11 is 0. The number of sulfonamides is 1. The van der Waals surface area contributed by atoms with Crippen molar-refractivity contribution in [1.29, 1.82) is 0 Å². The third-order valence-electron chi connectivity index (χ3n) is 3.91. The molecule has 0 unspecified atom stereocenters. The molecule has 1 fully saturated rings. The third kappa shape index (κ3) is 3.39. The van der Waals surface area contributed by atoms with Crippen molar-refractivity contribution >= 4 is 10.0 Å². The number of aromatic nitrogens is 2. The molecular weight excluding hydrogens is 276 g/mol. The van der Waals surface area contributed by atoms with Crippen LogP contribution in [0.2, 0.25) is 0 Å². The van der Waals surface area contributed by atoms with Crippen molar-refractivity contribution in [2.75, 3.05) is 7.05 Å². The molecule has 1 heterocycles. The largest absolute Gasteiger partial charge is 0.314 e. The minimum atomic E-state index is -3.50. The van der Waals surface area contributed by atoms with Gasteiger partial charge in [0.1, 0.15) is 4.90 Å². The van der Waals surface area contributed by atoms with Gasteiger partial charge in [-0.25, -0.2) is 13.1 Å². The van der Waals surface area contributed by atoms with E-state index in [-0.39, 0.29) is 6.04 Å². The van der Waals surface area contributed by atoms with Gasteiger partial charge >= 0.3 is 0 Å². The molecule has 0 aromatic carbocycles. The molecular formula is C13H24N4O2S. The molecule has 0 spiro atoms. The van der Waals surface area contributed by atoms with E-state index in [2.05, 4.69) is 27.2 Å². The first-order chi connectivity index (χ1) is 9.44. The predicted octanol–water partition coefficient (Wildman–Crippen LogP) is 1.29. The van der Waals surface area contributed by atoms with Crippen molar-refractivity contribution in [3.63, 3.8) is 0 Å². The minimum Gasteiger partial charge on any atom is -0.314 e. The van der Waals surface area contributed by atoms with Crippen LogP contribution in [-0.2, 0) is 16.6 Å². The predicted molar refractivity (Wildman–Crippen MR) is 77.8 cm³/mol. The quantitative estimate of drug-likeness (QED) is 0.765.